The molecule has 0 aliphatic carbocycles. The quantitative estimate of drug-likeness (QED) is 0.588. The molecule has 0 aromatic heterocycles. The number of carbonyl (C=O) groups excluding carboxylic acids is 2. The average molecular weight is 459 g/mol. The van der Waals surface area contributed by atoms with E-state index in [0.717, 1.165) is 28.6 Å². The molecule has 3 amide bonds. The van der Waals surface area contributed by atoms with Crippen molar-refractivity contribution >= 4 is 40.8 Å². The molecule has 5 rings (SSSR count). The van der Waals surface area contributed by atoms with Gasteiger partial charge in [-0.2, -0.15) is 0 Å². The van der Waals surface area contributed by atoms with E-state index in [2.05, 4.69) is 22.3 Å². The van der Waals surface area contributed by atoms with Crippen LogP contribution in [-0.4, -0.2) is 49.6 Å². The highest BCUT2D eigenvalue weighted by molar-refractivity contribution is 7.99. The van der Waals surface area contributed by atoms with Crippen LogP contribution in [0.25, 0.3) is 0 Å². The van der Waals surface area contributed by atoms with Crippen LogP contribution in [0.2, 0.25) is 0 Å². The summed E-state index contributed by atoms with van der Waals surface area (Å²) in [5.74, 6) is -0.0140. The highest BCUT2D eigenvalue weighted by Gasteiger charge is 2.27. The van der Waals surface area contributed by atoms with Crippen molar-refractivity contribution in [1.82, 2.24) is 4.90 Å². The smallest absolute Gasteiger partial charge is 0.321 e. The van der Waals surface area contributed by atoms with E-state index in [1.54, 1.807) is 16.7 Å². The third kappa shape index (κ3) is 4.28. The largest absolute Gasteiger partial charge is 0.368 e. The minimum Gasteiger partial charge on any atom is -0.368 e. The van der Waals surface area contributed by atoms with E-state index in [1.165, 1.54) is 5.69 Å². The zero-order chi connectivity index (χ0) is 22.8. The Kier molecular flexibility index (Phi) is 5.96. The molecular formula is C26H26N4O2S. The zero-order valence-corrected chi connectivity index (χ0v) is 19.3. The number of amides is 3. The molecule has 7 heteroatoms. The van der Waals surface area contributed by atoms with E-state index in [9.17, 15) is 9.59 Å². The molecule has 0 bridgehead atoms. The van der Waals surface area contributed by atoms with Crippen molar-refractivity contribution in [2.75, 3.05) is 47.8 Å². The van der Waals surface area contributed by atoms with Crippen LogP contribution in [-0.2, 0) is 0 Å². The molecule has 6 nitrogen and oxygen atoms in total. The molecule has 2 aliphatic heterocycles. The molecule has 1 saturated heterocycles. The van der Waals surface area contributed by atoms with Crippen LogP contribution in [0.3, 0.4) is 0 Å². The summed E-state index contributed by atoms with van der Waals surface area (Å²) >= 11 is 1.59. The lowest BCUT2D eigenvalue weighted by atomic mass is 10.1. The Morgan fingerprint density at radius 1 is 0.909 bits per heavy atom. The number of anilines is 3. The molecule has 3 aromatic carbocycles. The molecule has 3 aromatic rings. The summed E-state index contributed by atoms with van der Waals surface area (Å²) in [5.41, 5.74) is 3.42. The maximum absolute atomic E-state index is 13.2. The normalized spacial score (nSPS) is 15.5. The lowest BCUT2D eigenvalue weighted by Crippen LogP contribution is -2.50. The first-order valence-electron chi connectivity index (χ1n) is 11.2. The summed E-state index contributed by atoms with van der Waals surface area (Å²) in [6.07, 6.45) is 0. The molecule has 0 saturated carbocycles. The second-order valence-electron chi connectivity index (χ2n) is 8.07. The molecule has 1 fully saturated rings. The minimum absolute atomic E-state index is 0.0140. The van der Waals surface area contributed by atoms with Gasteiger partial charge < -0.3 is 20.0 Å². The van der Waals surface area contributed by atoms with Gasteiger partial charge in [-0.1, -0.05) is 42.1 Å². The molecule has 0 spiro atoms. The Morgan fingerprint density at radius 2 is 1.64 bits per heavy atom. The number of fused-ring (bicyclic) bond motifs is 2. The van der Waals surface area contributed by atoms with E-state index in [-0.39, 0.29) is 11.9 Å². The van der Waals surface area contributed by atoms with Crippen LogP contribution in [0.15, 0.2) is 82.6 Å². The number of piperazine rings is 1. The molecular weight excluding hydrogens is 432 g/mol. The number of hydrogen-bond acceptors (Lipinski definition) is 4. The highest BCUT2D eigenvalue weighted by Crippen LogP contribution is 2.42. The summed E-state index contributed by atoms with van der Waals surface area (Å²) in [6, 6.07) is 23.7. The fourth-order valence-corrected chi connectivity index (χ4v) is 5.38. The number of para-hydroxylation sites is 1. The molecule has 2 heterocycles. The third-order valence-corrected chi connectivity index (χ3v) is 7.23. The number of urea groups is 1. The first-order valence-corrected chi connectivity index (χ1v) is 12.0. The second kappa shape index (κ2) is 9.19. The molecule has 0 atom stereocenters. The van der Waals surface area contributed by atoms with E-state index in [4.69, 9.17) is 0 Å². The average Bonchev–Trinajstić information content (AvgIpc) is 2.98. The SMILES string of the molecule is CCN1C(=O)c2ccccc2Sc2ccc(NC(=O)N3CCN(c4ccccc4)CC3)cc21. The van der Waals surface area contributed by atoms with Gasteiger partial charge in [0.1, 0.15) is 0 Å². The second-order valence-corrected chi connectivity index (χ2v) is 9.15. The molecule has 1 N–H and O–H groups in total. The van der Waals surface area contributed by atoms with Crippen molar-refractivity contribution < 1.29 is 9.59 Å². The number of nitrogens with zero attached hydrogens (tertiary/aromatic N) is 3. The van der Waals surface area contributed by atoms with Crippen molar-refractivity contribution in [3.63, 3.8) is 0 Å². The summed E-state index contributed by atoms with van der Waals surface area (Å²) in [4.78, 5) is 34.0. The van der Waals surface area contributed by atoms with Gasteiger partial charge >= 0.3 is 6.03 Å². The maximum Gasteiger partial charge on any atom is 0.321 e. The van der Waals surface area contributed by atoms with Crippen molar-refractivity contribution in [1.29, 1.82) is 0 Å². The van der Waals surface area contributed by atoms with Crippen LogP contribution < -0.4 is 15.1 Å². The molecule has 168 valence electrons. The van der Waals surface area contributed by atoms with Crippen LogP contribution >= 0.6 is 11.8 Å². The van der Waals surface area contributed by atoms with Crippen LogP contribution in [0.5, 0.6) is 0 Å². The zero-order valence-electron chi connectivity index (χ0n) is 18.5. The maximum atomic E-state index is 13.2. The van der Waals surface area contributed by atoms with Crippen molar-refractivity contribution in [3.05, 3.63) is 78.4 Å². The summed E-state index contributed by atoms with van der Waals surface area (Å²) in [7, 11) is 0. The lowest BCUT2D eigenvalue weighted by Gasteiger charge is -2.36. The standard InChI is InChI=1S/C26H26N4O2S/c1-2-30-22-18-19(12-13-24(22)33-23-11-7-6-10-21(23)25(30)31)27-26(32)29-16-14-28(15-17-29)20-8-4-3-5-9-20/h3-13,18H,2,14-17H2,1H3,(H,27,32). The summed E-state index contributed by atoms with van der Waals surface area (Å²) < 4.78 is 0. The van der Waals surface area contributed by atoms with Crippen molar-refractivity contribution in [2.24, 2.45) is 0 Å². The van der Waals surface area contributed by atoms with Gasteiger partial charge in [0.05, 0.1) is 11.3 Å². The van der Waals surface area contributed by atoms with Gasteiger partial charge in [-0.3, -0.25) is 4.79 Å². The van der Waals surface area contributed by atoms with Crippen LogP contribution in [0, 0.1) is 0 Å². The van der Waals surface area contributed by atoms with E-state index in [0.29, 0.717) is 30.9 Å². The highest BCUT2D eigenvalue weighted by atomic mass is 32.2. The Morgan fingerprint density at radius 3 is 2.39 bits per heavy atom. The van der Waals surface area contributed by atoms with E-state index >= 15 is 0 Å². The van der Waals surface area contributed by atoms with E-state index < -0.39 is 0 Å². The molecule has 0 unspecified atom stereocenters. The fraction of sp³-hybridized carbons (Fsp3) is 0.231. The van der Waals surface area contributed by atoms with Gasteiger partial charge in [-0.05, 0) is 49.4 Å². The van der Waals surface area contributed by atoms with Crippen molar-refractivity contribution in [3.8, 4) is 0 Å². The lowest BCUT2D eigenvalue weighted by molar-refractivity contribution is 0.0985. The summed E-state index contributed by atoms with van der Waals surface area (Å²) in [5, 5.41) is 3.04. The number of hydrogen-bond donors (Lipinski definition) is 1. The van der Waals surface area contributed by atoms with Gasteiger partial charge in [0.15, 0.2) is 0 Å². The first-order chi connectivity index (χ1) is 16.1. The number of carbonyl (C=O) groups is 2. The minimum atomic E-state index is -0.110. The van der Waals surface area contributed by atoms with Gasteiger partial charge in [0.25, 0.3) is 5.91 Å². The number of nitrogens with one attached hydrogen (secondary N) is 1. The Labute approximate surface area is 198 Å². The monoisotopic (exact) mass is 458 g/mol. The Hall–Kier alpha value is -3.45. The molecule has 2 aliphatic rings. The Balaban J connectivity index is 1.30. The molecule has 0 radical (unpaired) electrons. The van der Waals surface area contributed by atoms with Gasteiger partial charge in [0, 0.05) is 53.9 Å². The Bertz CT molecular complexity index is 1180. The summed E-state index contributed by atoms with van der Waals surface area (Å²) in [6.45, 7) is 5.45. The first kappa shape index (κ1) is 21.4. The topological polar surface area (TPSA) is 55.9 Å². The third-order valence-electron chi connectivity index (χ3n) is 6.09. The number of rotatable bonds is 3. The van der Waals surface area contributed by atoms with Gasteiger partial charge in [0.2, 0.25) is 0 Å². The van der Waals surface area contributed by atoms with Crippen molar-refractivity contribution in [2.45, 2.75) is 16.7 Å². The predicted octanol–water partition coefficient (Wildman–Crippen LogP) is 5.17. The van der Waals surface area contributed by atoms with Gasteiger partial charge in [-0.15, -0.1) is 0 Å². The number of benzene rings is 3. The molecule has 33 heavy (non-hydrogen) atoms. The van der Waals surface area contributed by atoms with E-state index in [1.807, 2.05) is 72.5 Å². The van der Waals surface area contributed by atoms with Crippen LogP contribution in [0.4, 0.5) is 21.9 Å². The fourth-order valence-electron chi connectivity index (χ4n) is 4.32. The van der Waals surface area contributed by atoms with Gasteiger partial charge in [-0.25, -0.2) is 4.79 Å². The predicted molar refractivity (Wildman–Crippen MR) is 134 cm³/mol. The van der Waals surface area contributed by atoms with Crippen LogP contribution in [0.1, 0.15) is 17.3 Å².